The number of rotatable bonds is 3. The van der Waals surface area contributed by atoms with E-state index >= 15 is 0 Å². The maximum absolute atomic E-state index is 14.6. The van der Waals surface area contributed by atoms with Crippen molar-refractivity contribution in [1.29, 1.82) is 0 Å². The number of hydrogen-bond donors (Lipinski definition) is 1. The monoisotopic (exact) mass is 364 g/mol. The van der Waals surface area contributed by atoms with Gasteiger partial charge in [-0.25, -0.2) is 8.78 Å². The minimum absolute atomic E-state index is 0. The molecule has 2 aliphatic rings. The summed E-state index contributed by atoms with van der Waals surface area (Å²) in [6.45, 7) is 3.39. The van der Waals surface area contributed by atoms with Crippen molar-refractivity contribution in [2.45, 2.75) is 38.1 Å². The standard InChI is InChI=1S/C17H23ClF2N2.ClH/c18-13-6-7-14(19)15(16(13)20)17(12-4-2-1-3-5-12)22-10-8-21-9-11-22;/h6-7,12,17,21H,1-5,8-11H2;1H/t17-;/m0./s1. The van der Waals surface area contributed by atoms with Gasteiger partial charge in [0.1, 0.15) is 11.6 Å². The molecule has 0 bridgehead atoms. The second-order valence-electron chi connectivity index (χ2n) is 6.39. The topological polar surface area (TPSA) is 15.3 Å². The third kappa shape index (κ3) is 4.16. The molecule has 0 aromatic heterocycles. The zero-order valence-corrected chi connectivity index (χ0v) is 14.7. The maximum atomic E-state index is 14.6. The second kappa shape index (κ2) is 8.61. The van der Waals surface area contributed by atoms with E-state index in [1.54, 1.807) is 0 Å². The first-order chi connectivity index (χ1) is 10.7. The van der Waals surface area contributed by atoms with E-state index in [0.717, 1.165) is 51.9 Å². The van der Waals surface area contributed by atoms with Crippen molar-refractivity contribution in [3.63, 3.8) is 0 Å². The minimum Gasteiger partial charge on any atom is -0.314 e. The number of hydrogen-bond acceptors (Lipinski definition) is 2. The average Bonchev–Trinajstić information content (AvgIpc) is 2.57. The van der Waals surface area contributed by atoms with Gasteiger partial charge in [-0.3, -0.25) is 4.90 Å². The number of halogens is 4. The quantitative estimate of drug-likeness (QED) is 0.790. The van der Waals surface area contributed by atoms with Crippen LogP contribution in [0, 0.1) is 17.6 Å². The molecule has 2 nitrogen and oxygen atoms in total. The Hall–Kier alpha value is -0.420. The Morgan fingerprint density at radius 1 is 1.09 bits per heavy atom. The van der Waals surface area contributed by atoms with Crippen LogP contribution in [0.2, 0.25) is 5.02 Å². The Morgan fingerprint density at radius 3 is 2.39 bits per heavy atom. The molecule has 1 aromatic rings. The first-order valence-corrected chi connectivity index (χ1v) is 8.64. The van der Waals surface area contributed by atoms with Crippen LogP contribution < -0.4 is 5.32 Å². The van der Waals surface area contributed by atoms with Gasteiger partial charge in [-0.15, -0.1) is 12.4 Å². The molecule has 1 heterocycles. The summed E-state index contributed by atoms with van der Waals surface area (Å²) in [4.78, 5) is 2.24. The number of nitrogens with one attached hydrogen (secondary N) is 1. The van der Waals surface area contributed by atoms with Crippen molar-refractivity contribution in [2.24, 2.45) is 5.92 Å². The lowest BCUT2D eigenvalue weighted by molar-refractivity contribution is 0.0976. The molecule has 2 fully saturated rings. The van der Waals surface area contributed by atoms with Crippen LogP contribution in [0.1, 0.15) is 43.7 Å². The predicted molar refractivity (Wildman–Crippen MR) is 92.4 cm³/mol. The summed E-state index contributed by atoms with van der Waals surface area (Å²) in [5, 5.41) is 3.33. The van der Waals surface area contributed by atoms with E-state index < -0.39 is 11.6 Å². The van der Waals surface area contributed by atoms with E-state index in [9.17, 15) is 8.78 Å². The van der Waals surface area contributed by atoms with Crippen LogP contribution in [0.4, 0.5) is 8.78 Å². The Morgan fingerprint density at radius 2 is 1.74 bits per heavy atom. The molecule has 130 valence electrons. The van der Waals surface area contributed by atoms with E-state index in [1.807, 2.05) is 0 Å². The normalized spacial score (nSPS) is 21.7. The summed E-state index contributed by atoms with van der Waals surface area (Å²) in [7, 11) is 0. The zero-order chi connectivity index (χ0) is 15.5. The Labute approximate surface area is 148 Å². The first kappa shape index (κ1) is 18.9. The predicted octanol–water partition coefficient (Wildman–Crippen LogP) is 4.57. The zero-order valence-electron chi connectivity index (χ0n) is 13.2. The van der Waals surface area contributed by atoms with Gasteiger partial charge in [-0.2, -0.15) is 0 Å². The molecule has 6 heteroatoms. The summed E-state index contributed by atoms with van der Waals surface area (Å²) in [6, 6.07) is 2.42. The third-order valence-corrected chi connectivity index (χ3v) is 5.31. The molecule has 3 rings (SSSR count). The Kier molecular flexibility index (Phi) is 7.08. The average molecular weight is 365 g/mol. The highest BCUT2D eigenvalue weighted by Gasteiger charge is 2.35. The molecule has 1 saturated heterocycles. The summed E-state index contributed by atoms with van der Waals surface area (Å²) in [5.41, 5.74) is 0.182. The van der Waals surface area contributed by atoms with E-state index in [1.165, 1.54) is 18.6 Å². The molecule has 0 unspecified atom stereocenters. The summed E-state index contributed by atoms with van der Waals surface area (Å²) < 4.78 is 29.1. The van der Waals surface area contributed by atoms with Gasteiger partial charge in [-0.05, 0) is 30.9 Å². The molecular formula is C17H24Cl2F2N2. The molecule has 0 radical (unpaired) electrons. The fourth-order valence-electron chi connectivity index (χ4n) is 3.94. The summed E-state index contributed by atoms with van der Waals surface area (Å²) >= 11 is 5.94. The molecule has 23 heavy (non-hydrogen) atoms. The van der Waals surface area contributed by atoms with Crippen molar-refractivity contribution in [1.82, 2.24) is 10.2 Å². The van der Waals surface area contributed by atoms with Crippen molar-refractivity contribution >= 4 is 24.0 Å². The minimum atomic E-state index is -0.573. The SMILES string of the molecule is Cl.Fc1ccc(Cl)c(F)c1[C@H](C1CCCCC1)N1CCNCC1. The molecule has 1 aliphatic heterocycles. The van der Waals surface area contributed by atoms with Crippen LogP contribution in [0.25, 0.3) is 0 Å². The molecule has 1 aliphatic carbocycles. The lowest BCUT2D eigenvalue weighted by Gasteiger charge is -2.41. The van der Waals surface area contributed by atoms with Gasteiger partial charge in [0.05, 0.1) is 5.02 Å². The van der Waals surface area contributed by atoms with Crippen LogP contribution in [0.3, 0.4) is 0 Å². The highest BCUT2D eigenvalue weighted by atomic mass is 35.5. The molecule has 1 N–H and O–H groups in total. The summed E-state index contributed by atoms with van der Waals surface area (Å²) in [5.74, 6) is -0.721. The van der Waals surface area contributed by atoms with Crippen molar-refractivity contribution < 1.29 is 8.78 Å². The van der Waals surface area contributed by atoms with Crippen LogP contribution in [-0.4, -0.2) is 31.1 Å². The van der Waals surface area contributed by atoms with Gasteiger partial charge in [0.2, 0.25) is 0 Å². The smallest absolute Gasteiger partial charge is 0.149 e. The second-order valence-corrected chi connectivity index (χ2v) is 6.79. The van der Waals surface area contributed by atoms with E-state index in [2.05, 4.69) is 10.2 Å². The van der Waals surface area contributed by atoms with Crippen molar-refractivity contribution in [2.75, 3.05) is 26.2 Å². The number of nitrogens with zero attached hydrogens (tertiary/aromatic N) is 1. The van der Waals surface area contributed by atoms with Gasteiger partial charge < -0.3 is 5.32 Å². The van der Waals surface area contributed by atoms with Gasteiger partial charge in [0.25, 0.3) is 0 Å². The lowest BCUT2D eigenvalue weighted by Crippen LogP contribution is -2.47. The highest BCUT2D eigenvalue weighted by molar-refractivity contribution is 6.30. The van der Waals surface area contributed by atoms with Gasteiger partial charge >= 0.3 is 0 Å². The Balaban J connectivity index is 0.00000192. The largest absolute Gasteiger partial charge is 0.314 e. The van der Waals surface area contributed by atoms with Crippen LogP contribution in [0.5, 0.6) is 0 Å². The van der Waals surface area contributed by atoms with Crippen molar-refractivity contribution in [3.8, 4) is 0 Å². The van der Waals surface area contributed by atoms with E-state index in [-0.39, 0.29) is 29.0 Å². The van der Waals surface area contributed by atoms with Crippen LogP contribution in [-0.2, 0) is 0 Å². The number of benzene rings is 1. The molecular weight excluding hydrogens is 341 g/mol. The molecule has 0 amide bonds. The fraction of sp³-hybridized carbons (Fsp3) is 0.647. The van der Waals surface area contributed by atoms with Crippen LogP contribution >= 0.6 is 24.0 Å². The molecule has 0 spiro atoms. The molecule has 1 atom stereocenters. The summed E-state index contributed by atoms with van der Waals surface area (Å²) in [6.07, 6.45) is 5.61. The first-order valence-electron chi connectivity index (χ1n) is 8.26. The van der Waals surface area contributed by atoms with Crippen molar-refractivity contribution in [3.05, 3.63) is 34.4 Å². The van der Waals surface area contributed by atoms with E-state index in [0.29, 0.717) is 5.92 Å². The fourth-order valence-corrected chi connectivity index (χ4v) is 4.11. The molecule has 1 saturated carbocycles. The van der Waals surface area contributed by atoms with Gasteiger partial charge in [0, 0.05) is 37.8 Å². The molecule has 1 aromatic carbocycles. The maximum Gasteiger partial charge on any atom is 0.149 e. The number of piperazine rings is 1. The highest BCUT2D eigenvalue weighted by Crippen LogP contribution is 2.41. The van der Waals surface area contributed by atoms with Crippen LogP contribution in [0.15, 0.2) is 12.1 Å². The third-order valence-electron chi connectivity index (χ3n) is 5.02. The van der Waals surface area contributed by atoms with E-state index in [4.69, 9.17) is 11.6 Å². The Bertz CT molecular complexity index is 498. The lowest BCUT2D eigenvalue weighted by atomic mass is 9.79. The van der Waals surface area contributed by atoms with Gasteiger partial charge in [0.15, 0.2) is 0 Å². The van der Waals surface area contributed by atoms with Gasteiger partial charge in [-0.1, -0.05) is 30.9 Å².